The summed E-state index contributed by atoms with van der Waals surface area (Å²) in [6.07, 6.45) is -10.7. The predicted octanol–water partition coefficient (Wildman–Crippen LogP) is -2.90. The summed E-state index contributed by atoms with van der Waals surface area (Å²) in [6, 6.07) is 13.4. The van der Waals surface area contributed by atoms with E-state index in [0.29, 0.717) is 0 Å². The Kier molecular flexibility index (Phi) is 20.1. The van der Waals surface area contributed by atoms with E-state index in [4.69, 9.17) is 41.9 Å². The van der Waals surface area contributed by atoms with Gasteiger partial charge in [-0.05, 0) is 29.4 Å². The van der Waals surface area contributed by atoms with Crippen molar-refractivity contribution in [1.29, 1.82) is 0 Å². The molecule has 2 aromatic carbocycles. The quantitative estimate of drug-likeness (QED) is 0.0712. The van der Waals surface area contributed by atoms with Crippen LogP contribution in [0.25, 0.3) is 0 Å². The Hall–Kier alpha value is -3.96. The maximum absolute atomic E-state index is 12.9. The minimum atomic E-state index is -1.53. The van der Waals surface area contributed by atoms with Crippen molar-refractivity contribution in [2.45, 2.75) is 126 Å². The normalized spacial score (nSPS) is 28.7. The van der Waals surface area contributed by atoms with Crippen molar-refractivity contribution >= 4 is 23.6 Å². The van der Waals surface area contributed by atoms with Crippen LogP contribution >= 0.6 is 0 Å². The molecular formula is C41H63N5O14. The molecule has 60 heavy (non-hydrogen) atoms. The molecule has 0 aliphatic carbocycles. The van der Waals surface area contributed by atoms with Gasteiger partial charge in [-0.15, -0.1) is 0 Å². The highest BCUT2D eigenvalue weighted by molar-refractivity contribution is 5.88. The number of carbonyl (C=O) groups is 4. The van der Waals surface area contributed by atoms with Gasteiger partial charge in [0.2, 0.25) is 5.91 Å². The Balaban J connectivity index is 0.000000333. The number of hydrogen-bond acceptors (Lipinski definition) is 18. The molecule has 14 unspecified atom stereocenters. The van der Waals surface area contributed by atoms with E-state index in [9.17, 15) is 49.8 Å². The van der Waals surface area contributed by atoms with Gasteiger partial charge in [-0.2, -0.15) is 0 Å². The highest BCUT2D eigenvalue weighted by Gasteiger charge is 2.44. The molecule has 19 heteroatoms. The average Bonchev–Trinajstić information content (AvgIpc) is 3.22. The number of aliphatic hydroxyl groups is 6. The lowest BCUT2D eigenvalue weighted by molar-refractivity contribution is -0.251. The first kappa shape index (κ1) is 50.4. The van der Waals surface area contributed by atoms with Crippen molar-refractivity contribution in [3.63, 3.8) is 0 Å². The number of amides is 1. The molecule has 19 nitrogen and oxygen atoms in total. The molecule has 14 atom stereocenters. The van der Waals surface area contributed by atoms with Crippen LogP contribution in [-0.4, -0.2) is 147 Å². The van der Waals surface area contributed by atoms with E-state index < -0.39 is 110 Å². The third-order valence-corrected chi connectivity index (χ3v) is 10.5. The number of ketones is 1. The number of Topliss-reactive ketones (excluding diaryl/α,β-unsaturated/α-hetero) is 1. The molecule has 4 rings (SSSR count). The molecule has 1 amide bonds. The molecule has 0 spiro atoms. The number of esters is 2. The van der Waals surface area contributed by atoms with Gasteiger partial charge < -0.3 is 77.8 Å². The van der Waals surface area contributed by atoms with Crippen LogP contribution in [0.4, 0.5) is 0 Å². The highest BCUT2D eigenvalue weighted by Crippen LogP contribution is 2.23. The van der Waals surface area contributed by atoms with Crippen LogP contribution in [0.3, 0.4) is 0 Å². The average molecular weight is 850 g/mol. The summed E-state index contributed by atoms with van der Waals surface area (Å²) in [5.41, 5.74) is 24.6. The molecule has 15 N–H and O–H groups in total. The lowest BCUT2D eigenvalue weighted by Crippen LogP contribution is -2.62. The lowest BCUT2D eigenvalue weighted by Gasteiger charge is -2.38. The molecule has 0 radical (unpaired) electrons. The third kappa shape index (κ3) is 14.6. The number of carbonyl (C=O) groups excluding carboxylic acids is 4. The van der Waals surface area contributed by atoms with Crippen molar-refractivity contribution < 1.29 is 68.8 Å². The van der Waals surface area contributed by atoms with Crippen LogP contribution < -0.4 is 28.3 Å². The summed E-state index contributed by atoms with van der Waals surface area (Å²) in [4.78, 5) is 50.2. The number of hydrogen-bond donors (Lipinski definition) is 11. The largest absolute Gasteiger partial charge is 0.463 e. The zero-order valence-electron chi connectivity index (χ0n) is 34.3. The SMILES string of the molecule is CC(C)C(N)C(=O)CC(C(=O)OCC1OC(O)C(N)C(O)C1O)C(C)C.NC(Cc1ccccc1)C(=O)NC(Cc1ccccc1)C(=O)OCC1OC(O)C(N)C(O)C1O. The van der Waals surface area contributed by atoms with Crippen LogP contribution in [0.1, 0.15) is 45.2 Å². The molecule has 0 bridgehead atoms. The van der Waals surface area contributed by atoms with E-state index in [0.717, 1.165) is 11.1 Å². The number of ether oxygens (including phenoxy) is 4. The van der Waals surface area contributed by atoms with Crippen LogP contribution in [-0.2, 0) is 51.0 Å². The minimum Gasteiger partial charge on any atom is -0.463 e. The summed E-state index contributed by atoms with van der Waals surface area (Å²) in [7, 11) is 0. The third-order valence-electron chi connectivity index (χ3n) is 10.5. The smallest absolute Gasteiger partial charge is 0.329 e. The lowest BCUT2D eigenvalue weighted by atomic mass is 9.87. The Labute approximate surface area is 349 Å². The summed E-state index contributed by atoms with van der Waals surface area (Å²) in [5, 5.41) is 61.8. The van der Waals surface area contributed by atoms with Crippen molar-refractivity contribution in [2.75, 3.05) is 13.2 Å². The molecule has 2 aliphatic rings. The van der Waals surface area contributed by atoms with Crippen molar-refractivity contribution in [3.05, 3.63) is 71.8 Å². The number of benzene rings is 2. The summed E-state index contributed by atoms with van der Waals surface area (Å²) < 4.78 is 20.7. The van der Waals surface area contributed by atoms with Gasteiger partial charge in [0, 0.05) is 12.8 Å². The fourth-order valence-corrected chi connectivity index (χ4v) is 6.34. The fourth-order valence-electron chi connectivity index (χ4n) is 6.34. The number of rotatable bonds is 17. The maximum Gasteiger partial charge on any atom is 0.329 e. The van der Waals surface area contributed by atoms with Crippen molar-refractivity contribution in [3.8, 4) is 0 Å². The second kappa shape index (κ2) is 23.9. The van der Waals surface area contributed by atoms with E-state index >= 15 is 0 Å². The second-order valence-electron chi connectivity index (χ2n) is 15.8. The monoisotopic (exact) mass is 849 g/mol. The molecule has 2 aliphatic heterocycles. The Morgan fingerprint density at radius 3 is 1.52 bits per heavy atom. The topological polar surface area (TPSA) is 343 Å². The number of nitrogens with two attached hydrogens (primary N) is 4. The van der Waals surface area contributed by atoms with Crippen LogP contribution in [0, 0.1) is 17.8 Å². The van der Waals surface area contributed by atoms with E-state index in [-0.39, 0.29) is 43.5 Å². The number of aliphatic hydroxyl groups excluding tert-OH is 6. The first-order valence-corrected chi connectivity index (χ1v) is 19.9. The van der Waals surface area contributed by atoms with Crippen molar-refractivity contribution in [2.24, 2.45) is 40.7 Å². The Morgan fingerprint density at radius 1 is 0.650 bits per heavy atom. The zero-order valence-corrected chi connectivity index (χ0v) is 34.3. The van der Waals surface area contributed by atoms with E-state index in [1.807, 2.05) is 50.2 Å². The van der Waals surface area contributed by atoms with Crippen molar-refractivity contribution in [1.82, 2.24) is 5.32 Å². The van der Waals surface area contributed by atoms with E-state index in [2.05, 4.69) is 5.32 Å². The standard InChI is InChI=1S/C24H31N3O7.C17H32N2O7/c25-16(11-14-7-3-1-4-8-14)22(30)27-17(12-15-9-5-2-6-10-15)23(31)33-13-18-20(28)21(29)19(26)24(32)34-18;1-7(2)9(5-10(20)12(18)8(3)4)16(23)25-6-11-14(21)15(22)13(19)17(24)26-11/h1-10,16-21,24,28-29,32H,11-13,25-26H2,(H,27,30);7-9,11-15,17,21-22,24H,5-6,18-19H2,1-4H3. The second-order valence-corrected chi connectivity index (χ2v) is 15.8. The molecule has 2 saturated heterocycles. The van der Waals surface area contributed by atoms with Gasteiger partial charge >= 0.3 is 11.9 Å². The first-order chi connectivity index (χ1) is 28.2. The maximum atomic E-state index is 12.9. The number of nitrogens with one attached hydrogen (secondary N) is 1. The van der Waals surface area contributed by atoms with Crippen LogP contribution in [0.15, 0.2) is 60.7 Å². The van der Waals surface area contributed by atoms with Gasteiger partial charge in [0.1, 0.15) is 55.9 Å². The van der Waals surface area contributed by atoms with Gasteiger partial charge in [-0.1, -0.05) is 88.4 Å². The first-order valence-electron chi connectivity index (χ1n) is 19.9. The molecule has 2 fully saturated rings. The van der Waals surface area contributed by atoms with Gasteiger partial charge in [0.15, 0.2) is 18.4 Å². The summed E-state index contributed by atoms with van der Waals surface area (Å²) in [6.45, 7) is 6.40. The van der Waals surface area contributed by atoms with Gasteiger partial charge in [0.25, 0.3) is 0 Å². The van der Waals surface area contributed by atoms with Gasteiger partial charge in [0.05, 0.1) is 30.1 Å². The van der Waals surface area contributed by atoms with Gasteiger partial charge in [-0.25, -0.2) is 4.79 Å². The summed E-state index contributed by atoms with van der Waals surface area (Å²) >= 11 is 0. The molecule has 336 valence electrons. The minimum absolute atomic E-state index is 0.0377. The molecule has 2 aromatic rings. The van der Waals surface area contributed by atoms with Gasteiger partial charge in [-0.3, -0.25) is 14.4 Å². The highest BCUT2D eigenvalue weighted by atomic mass is 16.6. The van der Waals surface area contributed by atoms with Crippen LogP contribution in [0.2, 0.25) is 0 Å². The zero-order chi connectivity index (χ0) is 44.8. The Morgan fingerprint density at radius 2 is 1.08 bits per heavy atom. The molecular weight excluding hydrogens is 786 g/mol. The van der Waals surface area contributed by atoms with E-state index in [1.165, 1.54) is 0 Å². The molecule has 0 saturated carbocycles. The van der Waals surface area contributed by atoms with Crippen LogP contribution in [0.5, 0.6) is 0 Å². The fraction of sp³-hybridized carbons (Fsp3) is 0.610. The summed E-state index contributed by atoms with van der Waals surface area (Å²) in [5.74, 6) is -3.03. The predicted molar refractivity (Wildman–Crippen MR) is 215 cm³/mol. The molecule has 2 heterocycles. The van der Waals surface area contributed by atoms with E-state index in [1.54, 1.807) is 38.1 Å². The molecule has 0 aromatic heterocycles. The Bertz CT molecular complexity index is 1640.